The number of nitrogens with zero attached hydrogens (tertiary/aromatic N) is 1. The number of hydrogen-bond donors (Lipinski definition) is 1. The molecule has 3 rings (SSSR count). The van der Waals surface area contributed by atoms with Gasteiger partial charge in [0, 0.05) is 6.21 Å². The second-order valence-corrected chi connectivity index (χ2v) is 6.50. The second kappa shape index (κ2) is 10.1. The first-order chi connectivity index (χ1) is 15.0. The third-order valence-electron chi connectivity index (χ3n) is 4.39. The van der Waals surface area contributed by atoms with E-state index in [0.29, 0.717) is 22.7 Å². The average Bonchev–Trinajstić information content (AvgIpc) is 2.81. The first kappa shape index (κ1) is 21.6. The van der Waals surface area contributed by atoms with Crippen LogP contribution in [0.4, 0.5) is 5.69 Å². The highest BCUT2D eigenvalue weighted by Gasteiger charge is 2.08. The molecular weight excluding hydrogens is 398 g/mol. The Morgan fingerprint density at radius 2 is 1.71 bits per heavy atom. The smallest absolute Gasteiger partial charge is 0.337 e. The summed E-state index contributed by atoms with van der Waals surface area (Å²) >= 11 is 0. The predicted octanol–water partition coefficient (Wildman–Crippen LogP) is 4.51. The van der Waals surface area contributed by atoms with Gasteiger partial charge in [0.15, 0.2) is 11.5 Å². The standard InChI is InChI=1S/C24H21NO6/c1-29-22-12-16(14-25-20-8-4-7-19(13-20)24(28)30-2)9-10-21(22)31-15-17-5-3-6-18(11-17)23(26)27/h3-14H,15H2,1-2H3,(H,26,27). The molecule has 0 amide bonds. The van der Waals surface area contributed by atoms with E-state index in [1.165, 1.54) is 20.3 Å². The maximum Gasteiger partial charge on any atom is 0.337 e. The minimum atomic E-state index is -0.986. The molecule has 0 atom stereocenters. The van der Waals surface area contributed by atoms with Crippen LogP contribution in [0.2, 0.25) is 0 Å². The molecule has 3 aromatic rings. The molecule has 158 valence electrons. The molecule has 0 spiro atoms. The fourth-order valence-corrected chi connectivity index (χ4v) is 2.82. The van der Waals surface area contributed by atoms with Crippen LogP contribution >= 0.6 is 0 Å². The van der Waals surface area contributed by atoms with Gasteiger partial charge in [-0.1, -0.05) is 18.2 Å². The summed E-state index contributed by atoms with van der Waals surface area (Å²) in [5.41, 5.74) is 2.75. The fourth-order valence-electron chi connectivity index (χ4n) is 2.82. The lowest BCUT2D eigenvalue weighted by Crippen LogP contribution is -2.01. The zero-order valence-electron chi connectivity index (χ0n) is 17.1. The van der Waals surface area contributed by atoms with Crippen LogP contribution in [-0.2, 0) is 11.3 Å². The Bertz CT molecular complexity index is 1120. The monoisotopic (exact) mass is 419 g/mol. The Balaban J connectivity index is 1.73. The van der Waals surface area contributed by atoms with Crippen molar-refractivity contribution < 1.29 is 28.9 Å². The van der Waals surface area contributed by atoms with E-state index in [0.717, 1.165) is 11.1 Å². The number of carboxylic acids is 1. The Kier molecular flexibility index (Phi) is 7.01. The molecule has 7 nitrogen and oxygen atoms in total. The molecule has 0 saturated carbocycles. The van der Waals surface area contributed by atoms with Crippen LogP contribution in [0.15, 0.2) is 71.7 Å². The molecule has 0 fully saturated rings. The lowest BCUT2D eigenvalue weighted by atomic mass is 10.1. The minimum absolute atomic E-state index is 0.200. The molecule has 0 bridgehead atoms. The summed E-state index contributed by atoms with van der Waals surface area (Å²) < 4.78 is 15.9. The van der Waals surface area contributed by atoms with E-state index in [2.05, 4.69) is 4.99 Å². The minimum Gasteiger partial charge on any atom is -0.493 e. The number of benzene rings is 3. The van der Waals surface area contributed by atoms with Crippen LogP contribution in [0.5, 0.6) is 11.5 Å². The van der Waals surface area contributed by atoms with Gasteiger partial charge in [-0.3, -0.25) is 4.99 Å². The Morgan fingerprint density at radius 3 is 2.45 bits per heavy atom. The van der Waals surface area contributed by atoms with Crippen LogP contribution in [0, 0.1) is 0 Å². The molecule has 0 aliphatic rings. The number of methoxy groups -OCH3 is 2. The molecule has 1 N–H and O–H groups in total. The van der Waals surface area contributed by atoms with Crippen LogP contribution in [0.3, 0.4) is 0 Å². The summed E-state index contributed by atoms with van der Waals surface area (Å²) in [6, 6.07) is 18.7. The number of hydrogen-bond acceptors (Lipinski definition) is 6. The Hall–Kier alpha value is -4.13. The number of carbonyl (C=O) groups is 2. The summed E-state index contributed by atoms with van der Waals surface area (Å²) in [6.45, 7) is 0.200. The van der Waals surface area contributed by atoms with Gasteiger partial charge >= 0.3 is 11.9 Å². The maximum atomic E-state index is 11.6. The molecule has 0 aliphatic heterocycles. The highest BCUT2D eigenvalue weighted by molar-refractivity contribution is 5.91. The van der Waals surface area contributed by atoms with Crippen molar-refractivity contribution in [3.05, 3.63) is 89.0 Å². The molecule has 3 aromatic carbocycles. The molecule has 7 heteroatoms. The van der Waals surface area contributed by atoms with Crippen molar-refractivity contribution in [3.63, 3.8) is 0 Å². The van der Waals surface area contributed by atoms with Crippen molar-refractivity contribution in [2.75, 3.05) is 14.2 Å². The van der Waals surface area contributed by atoms with Gasteiger partial charge in [0.2, 0.25) is 0 Å². The first-order valence-corrected chi connectivity index (χ1v) is 9.35. The lowest BCUT2D eigenvalue weighted by molar-refractivity contribution is 0.0600. The van der Waals surface area contributed by atoms with Gasteiger partial charge in [-0.05, 0) is 59.7 Å². The van der Waals surface area contributed by atoms with E-state index in [4.69, 9.17) is 19.3 Å². The quantitative estimate of drug-likeness (QED) is 0.426. The number of ether oxygens (including phenoxy) is 3. The van der Waals surface area contributed by atoms with Gasteiger partial charge in [0.25, 0.3) is 0 Å². The van der Waals surface area contributed by atoms with E-state index < -0.39 is 11.9 Å². The summed E-state index contributed by atoms with van der Waals surface area (Å²) in [5, 5.41) is 9.10. The SMILES string of the molecule is COC(=O)c1cccc(N=Cc2ccc(OCc3cccc(C(=O)O)c3)c(OC)c2)c1. The zero-order chi connectivity index (χ0) is 22.2. The summed E-state index contributed by atoms with van der Waals surface area (Å²) in [6.07, 6.45) is 1.65. The number of carboxylic acid groups (broad SMARTS) is 1. The second-order valence-electron chi connectivity index (χ2n) is 6.50. The van der Waals surface area contributed by atoms with Gasteiger partial charge in [-0.2, -0.15) is 0 Å². The van der Waals surface area contributed by atoms with Crippen LogP contribution in [0.25, 0.3) is 0 Å². The zero-order valence-corrected chi connectivity index (χ0v) is 17.1. The van der Waals surface area contributed by atoms with Crippen molar-refractivity contribution in [1.82, 2.24) is 0 Å². The summed E-state index contributed by atoms with van der Waals surface area (Å²) in [4.78, 5) is 27.1. The first-order valence-electron chi connectivity index (χ1n) is 9.35. The normalized spacial score (nSPS) is 10.6. The van der Waals surface area contributed by atoms with Gasteiger partial charge in [-0.15, -0.1) is 0 Å². The number of aromatic carboxylic acids is 1. The third kappa shape index (κ3) is 5.70. The number of rotatable bonds is 8. The molecule has 0 radical (unpaired) electrons. The number of aliphatic imine (C=N–C) groups is 1. The third-order valence-corrected chi connectivity index (χ3v) is 4.39. The molecular formula is C24H21NO6. The van der Waals surface area contributed by atoms with Crippen molar-refractivity contribution in [3.8, 4) is 11.5 Å². The highest BCUT2D eigenvalue weighted by atomic mass is 16.5. The molecule has 31 heavy (non-hydrogen) atoms. The molecule has 0 heterocycles. The maximum absolute atomic E-state index is 11.6. The summed E-state index contributed by atoms with van der Waals surface area (Å²) in [7, 11) is 2.87. The van der Waals surface area contributed by atoms with Crippen molar-refractivity contribution in [2.24, 2.45) is 4.99 Å². The largest absolute Gasteiger partial charge is 0.493 e. The van der Waals surface area contributed by atoms with Crippen LogP contribution in [0.1, 0.15) is 31.8 Å². The van der Waals surface area contributed by atoms with E-state index >= 15 is 0 Å². The molecule has 0 aliphatic carbocycles. The van der Waals surface area contributed by atoms with Crippen molar-refractivity contribution in [1.29, 1.82) is 0 Å². The predicted molar refractivity (Wildman–Crippen MR) is 116 cm³/mol. The number of esters is 1. The van der Waals surface area contributed by atoms with E-state index in [9.17, 15) is 9.59 Å². The van der Waals surface area contributed by atoms with Gasteiger partial charge in [-0.25, -0.2) is 9.59 Å². The number of carbonyl (C=O) groups excluding carboxylic acids is 1. The molecule has 0 saturated heterocycles. The van der Waals surface area contributed by atoms with Crippen molar-refractivity contribution in [2.45, 2.75) is 6.61 Å². The Labute approximate surface area is 179 Å². The molecule has 0 aromatic heterocycles. The Morgan fingerprint density at radius 1 is 0.935 bits per heavy atom. The van der Waals surface area contributed by atoms with E-state index in [1.807, 2.05) is 6.07 Å². The van der Waals surface area contributed by atoms with E-state index in [1.54, 1.807) is 60.8 Å². The molecule has 0 unspecified atom stereocenters. The van der Waals surface area contributed by atoms with Gasteiger partial charge < -0.3 is 19.3 Å². The van der Waals surface area contributed by atoms with E-state index in [-0.39, 0.29) is 12.2 Å². The van der Waals surface area contributed by atoms with Crippen molar-refractivity contribution >= 4 is 23.8 Å². The summed E-state index contributed by atoms with van der Waals surface area (Å²) in [5.74, 6) is -0.371. The highest BCUT2D eigenvalue weighted by Crippen LogP contribution is 2.29. The fraction of sp³-hybridized carbons (Fsp3) is 0.125. The van der Waals surface area contributed by atoms with Crippen LogP contribution in [-0.4, -0.2) is 37.5 Å². The average molecular weight is 419 g/mol. The van der Waals surface area contributed by atoms with Crippen LogP contribution < -0.4 is 9.47 Å². The lowest BCUT2D eigenvalue weighted by Gasteiger charge is -2.11. The topological polar surface area (TPSA) is 94.4 Å². The van der Waals surface area contributed by atoms with Gasteiger partial charge in [0.05, 0.1) is 31.0 Å². The van der Waals surface area contributed by atoms with Gasteiger partial charge in [0.1, 0.15) is 6.61 Å².